The second-order valence-electron chi connectivity index (χ2n) is 5.62. The van der Waals surface area contributed by atoms with Crippen molar-refractivity contribution in [1.29, 1.82) is 0 Å². The molecule has 0 radical (unpaired) electrons. The first-order valence-electron chi connectivity index (χ1n) is 7.70. The summed E-state index contributed by atoms with van der Waals surface area (Å²) < 4.78 is 0. The van der Waals surface area contributed by atoms with Crippen molar-refractivity contribution in [2.45, 2.75) is 32.1 Å². The number of hydrogen-bond donors (Lipinski definition) is 2. The van der Waals surface area contributed by atoms with E-state index in [4.69, 9.17) is 0 Å². The zero-order valence-corrected chi connectivity index (χ0v) is 12.6. The summed E-state index contributed by atoms with van der Waals surface area (Å²) in [5.41, 5.74) is 2.32. The Hall–Kier alpha value is -2.29. The van der Waals surface area contributed by atoms with Gasteiger partial charge in [-0.2, -0.15) is 0 Å². The van der Waals surface area contributed by atoms with Crippen molar-refractivity contribution in [2.24, 2.45) is 5.92 Å². The Morgan fingerprint density at radius 2 is 1.50 bits per heavy atom. The van der Waals surface area contributed by atoms with E-state index in [1.165, 1.54) is 5.56 Å². The highest BCUT2D eigenvalue weighted by molar-refractivity contribution is 5.69. The molecule has 2 aromatic rings. The van der Waals surface area contributed by atoms with Gasteiger partial charge in [0.1, 0.15) is 5.75 Å². The number of phenols is 1. The van der Waals surface area contributed by atoms with Gasteiger partial charge in [0.15, 0.2) is 0 Å². The van der Waals surface area contributed by atoms with Gasteiger partial charge in [-0.15, -0.1) is 0 Å². The summed E-state index contributed by atoms with van der Waals surface area (Å²) in [4.78, 5) is 11.4. The number of carboxylic acid groups (broad SMARTS) is 1. The minimum absolute atomic E-state index is 0.237. The minimum atomic E-state index is -0.716. The maximum atomic E-state index is 11.4. The van der Waals surface area contributed by atoms with E-state index in [1.54, 1.807) is 12.1 Å². The number of rotatable bonds is 8. The van der Waals surface area contributed by atoms with Gasteiger partial charge in [0.25, 0.3) is 0 Å². The van der Waals surface area contributed by atoms with Gasteiger partial charge in [0, 0.05) is 0 Å². The molecule has 0 fully saturated rings. The number of hydrogen-bond acceptors (Lipinski definition) is 2. The lowest BCUT2D eigenvalue weighted by Crippen LogP contribution is -2.15. The van der Waals surface area contributed by atoms with E-state index in [0.717, 1.165) is 24.8 Å². The molecular formula is C19H22O3. The van der Waals surface area contributed by atoms with Crippen molar-refractivity contribution >= 4 is 5.97 Å². The molecule has 0 aromatic heterocycles. The zero-order chi connectivity index (χ0) is 15.8. The number of carboxylic acids is 1. The Morgan fingerprint density at radius 1 is 0.864 bits per heavy atom. The zero-order valence-electron chi connectivity index (χ0n) is 12.6. The molecule has 2 N–H and O–H groups in total. The maximum absolute atomic E-state index is 11.4. The van der Waals surface area contributed by atoms with E-state index < -0.39 is 5.97 Å². The van der Waals surface area contributed by atoms with Gasteiger partial charge in [-0.25, -0.2) is 0 Å². The standard InChI is InChI=1S/C19H22O3/c20-18-13-10-16(11-14-18)9-12-17(19(21)22)8-4-7-15-5-2-1-3-6-15/h1-3,5-6,10-11,13-14,17,20H,4,7-9,12H2,(H,21,22). The van der Waals surface area contributed by atoms with Crippen LogP contribution < -0.4 is 0 Å². The molecule has 1 unspecified atom stereocenters. The molecule has 0 bridgehead atoms. The Labute approximate surface area is 131 Å². The monoisotopic (exact) mass is 298 g/mol. The average Bonchev–Trinajstić information content (AvgIpc) is 2.53. The summed E-state index contributed by atoms with van der Waals surface area (Å²) in [6, 6.07) is 17.1. The summed E-state index contributed by atoms with van der Waals surface area (Å²) in [6.07, 6.45) is 3.86. The van der Waals surface area contributed by atoms with Gasteiger partial charge >= 0.3 is 5.97 Å². The van der Waals surface area contributed by atoms with Gasteiger partial charge < -0.3 is 10.2 Å². The first kappa shape index (κ1) is 16.1. The summed E-state index contributed by atoms with van der Waals surface area (Å²) in [5, 5.41) is 18.6. The third-order valence-corrected chi connectivity index (χ3v) is 3.93. The Balaban J connectivity index is 1.79. The van der Waals surface area contributed by atoms with Crippen LogP contribution in [0.4, 0.5) is 0 Å². The van der Waals surface area contributed by atoms with Gasteiger partial charge in [-0.05, 0) is 55.4 Å². The van der Waals surface area contributed by atoms with E-state index in [0.29, 0.717) is 12.8 Å². The van der Waals surface area contributed by atoms with Crippen LogP contribution in [0.15, 0.2) is 54.6 Å². The molecule has 2 rings (SSSR count). The molecule has 0 aliphatic heterocycles. The van der Waals surface area contributed by atoms with Crippen LogP contribution in [0.2, 0.25) is 0 Å². The molecule has 0 amide bonds. The summed E-state index contributed by atoms with van der Waals surface area (Å²) in [6.45, 7) is 0. The smallest absolute Gasteiger partial charge is 0.306 e. The van der Waals surface area contributed by atoms with Crippen LogP contribution >= 0.6 is 0 Å². The summed E-state index contributed by atoms with van der Waals surface area (Å²) >= 11 is 0. The topological polar surface area (TPSA) is 57.5 Å². The van der Waals surface area contributed by atoms with Crippen LogP contribution in [0.1, 0.15) is 30.4 Å². The van der Waals surface area contributed by atoms with Crippen LogP contribution in [0.25, 0.3) is 0 Å². The fraction of sp³-hybridized carbons (Fsp3) is 0.316. The van der Waals surface area contributed by atoms with Crippen LogP contribution in [0.3, 0.4) is 0 Å². The number of benzene rings is 2. The third-order valence-electron chi connectivity index (χ3n) is 3.93. The number of aryl methyl sites for hydroxylation is 2. The fourth-order valence-electron chi connectivity index (χ4n) is 2.59. The predicted octanol–water partition coefficient (Wildman–Crippen LogP) is 4.05. The molecule has 0 heterocycles. The highest BCUT2D eigenvalue weighted by Crippen LogP contribution is 2.18. The van der Waals surface area contributed by atoms with Gasteiger partial charge in [0.05, 0.1) is 5.92 Å². The van der Waals surface area contributed by atoms with Crippen molar-refractivity contribution in [2.75, 3.05) is 0 Å². The third kappa shape index (κ3) is 5.24. The number of carbonyl (C=O) groups is 1. The lowest BCUT2D eigenvalue weighted by molar-refractivity contribution is -0.142. The molecule has 1 atom stereocenters. The molecule has 0 saturated carbocycles. The van der Waals surface area contributed by atoms with Crippen LogP contribution in [-0.2, 0) is 17.6 Å². The van der Waals surface area contributed by atoms with Gasteiger partial charge in [-0.1, -0.05) is 42.5 Å². The molecule has 22 heavy (non-hydrogen) atoms. The van der Waals surface area contributed by atoms with Gasteiger partial charge in [-0.3, -0.25) is 4.79 Å². The number of aliphatic carboxylic acids is 1. The Bertz CT molecular complexity index is 575. The van der Waals surface area contributed by atoms with Crippen molar-refractivity contribution in [3.8, 4) is 5.75 Å². The van der Waals surface area contributed by atoms with E-state index in [-0.39, 0.29) is 11.7 Å². The molecule has 0 aliphatic carbocycles. The van der Waals surface area contributed by atoms with Crippen molar-refractivity contribution in [1.82, 2.24) is 0 Å². The highest BCUT2D eigenvalue weighted by Gasteiger charge is 2.16. The Kier molecular flexibility index (Phi) is 6.01. The van der Waals surface area contributed by atoms with E-state index in [9.17, 15) is 15.0 Å². The van der Waals surface area contributed by atoms with E-state index in [1.807, 2.05) is 30.3 Å². The van der Waals surface area contributed by atoms with Crippen molar-refractivity contribution < 1.29 is 15.0 Å². The first-order valence-corrected chi connectivity index (χ1v) is 7.70. The predicted molar refractivity (Wildman–Crippen MR) is 86.9 cm³/mol. The maximum Gasteiger partial charge on any atom is 0.306 e. The molecule has 3 heteroatoms. The largest absolute Gasteiger partial charge is 0.508 e. The quantitative estimate of drug-likeness (QED) is 0.773. The molecular weight excluding hydrogens is 276 g/mol. The summed E-state index contributed by atoms with van der Waals surface area (Å²) in [5.74, 6) is -0.786. The molecule has 0 aliphatic rings. The second kappa shape index (κ2) is 8.23. The van der Waals surface area contributed by atoms with Crippen LogP contribution in [0.5, 0.6) is 5.75 Å². The molecule has 0 spiro atoms. The van der Waals surface area contributed by atoms with Crippen LogP contribution in [0, 0.1) is 5.92 Å². The lowest BCUT2D eigenvalue weighted by atomic mass is 9.93. The van der Waals surface area contributed by atoms with E-state index in [2.05, 4.69) is 12.1 Å². The fourth-order valence-corrected chi connectivity index (χ4v) is 2.59. The van der Waals surface area contributed by atoms with Gasteiger partial charge in [0.2, 0.25) is 0 Å². The molecule has 2 aromatic carbocycles. The number of aromatic hydroxyl groups is 1. The van der Waals surface area contributed by atoms with E-state index >= 15 is 0 Å². The highest BCUT2D eigenvalue weighted by atomic mass is 16.4. The summed E-state index contributed by atoms with van der Waals surface area (Å²) in [7, 11) is 0. The average molecular weight is 298 g/mol. The number of phenolic OH excluding ortho intramolecular Hbond substituents is 1. The minimum Gasteiger partial charge on any atom is -0.508 e. The SMILES string of the molecule is O=C(O)C(CCCc1ccccc1)CCc1ccc(O)cc1. The molecule has 116 valence electrons. The second-order valence-corrected chi connectivity index (χ2v) is 5.62. The van der Waals surface area contributed by atoms with Crippen molar-refractivity contribution in [3.63, 3.8) is 0 Å². The normalized spacial score (nSPS) is 12.0. The first-order chi connectivity index (χ1) is 10.6. The van der Waals surface area contributed by atoms with Crippen molar-refractivity contribution in [3.05, 3.63) is 65.7 Å². The molecule has 0 saturated heterocycles. The van der Waals surface area contributed by atoms with Crippen LogP contribution in [-0.4, -0.2) is 16.2 Å². The lowest BCUT2D eigenvalue weighted by Gasteiger charge is -2.12. The Morgan fingerprint density at radius 3 is 2.14 bits per heavy atom. The molecule has 3 nitrogen and oxygen atoms in total.